The van der Waals surface area contributed by atoms with Crippen LogP contribution in [-0.4, -0.2) is 25.4 Å². The van der Waals surface area contributed by atoms with E-state index in [2.05, 4.69) is 18.3 Å². The van der Waals surface area contributed by atoms with Crippen molar-refractivity contribution in [2.45, 2.75) is 20.4 Å². The van der Waals surface area contributed by atoms with Gasteiger partial charge in [0.05, 0.1) is 7.11 Å². The molecule has 1 atom stereocenters. The number of hydrogen-bond donors (Lipinski definition) is 2. The molecule has 90 valence electrons. The van der Waals surface area contributed by atoms with Crippen LogP contribution >= 0.6 is 0 Å². The van der Waals surface area contributed by atoms with Gasteiger partial charge in [-0.2, -0.15) is 0 Å². The highest BCUT2D eigenvalue weighted by Gasteiger charge is 2.04. The number of aliphatic hydroxyl groups is 1. The Morgan fingerprint density at radius 2 is 2.19 bits per heavy atom. The standard InChI is InChI=1S/C13H21NO2/c1-10-4-5-13(16-3)12(6-10)8-14-7-11(2)9-15/h4-6,11,14-15H,7-9H2,1-3H3. The van der Waals surface area contributed by atoms with Crippen molar-refractivity contribution in [3.05, 3.63) is 29.3 Å². The van der Waals surface area contributed by atoms with Gasteiger partial charge in [0, 0.05) is 25.3 Å². The van der Waals surface area contributed by atoms with E-state index in [0.717, 1.165) is 24.4 Å². The minimum absolute atomic E-state index is 0.220. The monoisotopic (exact) mass is 223 g/mol. The third kappa shape index (κ3) is 3.83. The van der Waals surface area contributed by atoms with Crippen molar-refractivity contribution in [3.8, 4) is 5.75 Å². The zero-order chi connectivity index (χ0) is 12.0. The highest BCUT2D eigenvalue weighted by Crippen LogP contribution is 2.19. The second-order valence-corrected chi connectivity index (χ2v) is 4.23. The number of benzene rings is 1. The maximum atomic E-state index is 8.91. The van der Waals surface area contributed by atoms with Gasteiger partial charge in [-0.05, 0) is 18.9 Å². The van der Waals surface area contributed by atoms with Crippen LogP contribution < -0.4 is 10.1 Å². The normalized spacial score (nSPS) is 12.5. The minimum Gasteiger partial charge on any atom is -0.496 e. The molecule has 2 N–H and O–H groups in total. The van der Waals surface area contributed by atoms with E-state index in [-0.39, 0.29) is 12.5 Å². The summed E-state index contributed by atoms with van der Waals surface area (Å²) < 4.78 is 5.29. The maximum Gasteiger partial charge on any atom is 0.123 e. The number of hydrogen-bond acceptors (Lipinski definition) is 3. The number of aliphatic hydroxyl groups excluding tert-OH is 1. The Morgan fingerprint density at radius 3 is 2.81 bits per heavy atom. The van der Waals surface area contributed by atoms with Crippen molar-refractivity contribution in [3.63, 3.8) is 0 Å². The molecule has 0 saturated carbocycles. The van der Waals surface area contributed by atoms with Gasteiger partial charge < -0.3 is 15.2 Å². The van der Waals surface area contributed by atoms with Crippen LogP contribution in [0.15, 0.2) is 18.2 Å². The average molecular weight is 223 g/mol. The lowest BCUT2D eigenvalue weighted by molar-refractivity contribution is 0.233. The first-order chi connectivity index (χ1) is 7.67. The fourth-order valence-corrected chi connectivity index (χ4v) is 1.56. The molecule has 0 amide bonds. The van der Waals surface area contributed by atoms with Crippen LogP contribution in [0.2, 0.25) is 0 Å². The fourth-order valence-electron chi connectivity index (χ4n) is 1.56. The molecule has 0 spiro atoms. The number of methoxy groups -OCH3 is 1. The first kappa shape index (κ1) is 13.0. The van der Waals surface area contributed by atoms with Gasteiger partial charge in [-0.15, -0.1) is 0 Å². The molecule has 0 fully saturated rings. The Hall–Kier alpha value is -1.06. The Labute approximate surface area is 97.4 Å². The molecule has 1 aromatic carbocycles. The molecule has 0 saturated heterocycles. The van der Waals surface area contributed by atoms with Gasteiger partial charge >= 0.3 is 0 Å². The number of nitrogens with one attached hydrogen (secondary N) is 1. The Balaban J connectivity index is 2.55. The molecule has 0 bridgehead atoms. The van der Waals surface area contributed by atoms with Crippen LogP contribution in [0.5, 0.6) is 5.75 Å². The zero-order valence-corrected chi connectivity index (χ0v) is 10.3. The minimum atomic E-state index is 0.220. The lowest BCUT2D eigenvalue weighted by atomic mass is 10.1. The SMILES string of the molecule is COc1ccc(C)cc1CNCC(C)CO. The number of aryl methyl sites for hydroxylation is 1. The number of ether oxygens (including phenoxy) is 1. The third-order valence-electron chi connectivity index (χ3n) is 2.56. The van der Waals surface area contributed by atoms with Crippen molar-refractivity contribution in [2.75, 3.05) is 20.3 Å². The van der Waals surface area contributed by atoms with E-state index < -0.39 is 0 Å². The molecule has 3 heteroatoms. The summed E-state index contributed by atoms with van der Waals surface area (Å²) >= 11 is 0. The largest absolute Gasteiger partial charge is 0.496 e. The van der Waals surface area contributed by atoms with E-state index in [4.69, 9.17) is 9.84 Å². The van der Waals surface area contributed by atoms with E-state index >= 15 is 0 Å². The van der Waals surface area contributed by atoms with Crippen LogP contribution in [0.25, 0.3) is 0 Å². The lowest BCUT2D eigenvalue weighted by Gasteiger charge is -2.12. The molecule has 0 aliphatic rings. The average Bonchev–Trinajstić information content (AvgIpc) is 2.29. The van der Waals surface area contributed by atoms with Crippen molar-refractivity contribution < 1.29 is 9.84 Å². The summed E-state index contributed by atoms with van der Waals surface area (Å²) in [5, 5.41) is 12.2. The molecule has 0 radical (unpaired) electrons. The number of rotatable bonds is 6. The van der Waals surface area contributed by atoms with Gasteiger partial charge in [0.1, 0.15) is 5.75 Å². The van der Waals surface area contributed by atoms with E-state index in [1.807, 2.05) is 19.1 Å². The fraction of sp³-hybridized carbons (Fsp3) is 0.538. The van der Waals surface area contributed by atoms with E-state index in [1.165, 1.54) is 5.56 Å². The molecule has 0 aliphatic carbocycles. The van der Waals surface area contributed by atoms with Crippen molar-refractivity contribution in [2.24, 2.45) is 5.92 Å². The van der Waals surface area contributed by atoms with Crippen LogP contribution in [0.3, 0.4) is 0 Å². The van der Waals surface area contributed by atoms with Crippen molar-refractivity contribution >= 4 is 0 Å². The second-order valence-electron chi connectivity index (χ2n) is 4.23. The highest BCUT2D eigenvalue weighted by atomic mass is 16.5. The molecule has 3 nitrogen and oxygen atoms in total. The van der Waals surface area contributed by atoms with E-state index in [0.29, 0.717) is 0 Å². The van der Waals surface area contributed by atoms with Gasteiger partial charge in [-0.3, -0.25) is 0 Å². The quantitative estimate of drug-likeness (QED) is 0.771. The molecule has 1 rings (SSSR count). The van der Waals surface area contributed by atoms with Gasteiger partial charge in [0.2, 0.25) is 0 Å². The second kappa shape index (κ2) is 6.51. The predicted molar refractivity (Wildman–Crippen MR) is 65.7 cm³/mol. The highest BCUT2D eigenvalue weighted by molar-refractivity contribution is 5.36. The summed E-state index contributed by atoms with van der Waals surface area (Å²) in [6.45, 7) is 5.89. The van der Waals surface area contributed by atoms with Crippen LogP contribution in [0.4, 0.5) is 0 Å². The zero-order valence-electron chi connectivity index (χ0n) is 10.3. The van der Waals surface area contributed by atoms with Gasteiger partial charge in [-0.1, -0.05) is 24.6 Å². The van der Waals surface area contributed by atoms with Crippen molar-refractivity contribution in [1.29, 1.82) is 0 Å². The molecular weight excluding hydrogens is 202 g/mol. The molecule has 0 aromatic heterocycles. The molecular formula is C13H21NO2. The molecule has 0 aliphatic heterocycles. The summed E-state index contributed by atoms with van der Waals surface area (Å²) in [4.78, 5) is 0. The summed E-state index contributed by atoms with van der Waals surface area (Å²) in [5.74, 6) is 1.20. The Bertz CT molecular complexity index is 326. The first-order valence-electron chi connectivity index (χ1n) is 5.62. The lowest BCUT2D eigenvalue weighted by Crippen LogP contribution is -2.23. The third-order valence-corrected chi connectivity index (χ3v) is 2.56. The van der Waals surface area contributed by atoms with Gasteiger partial charge in [0.15, 0.2) is 0 Å². The smallest absolute Gasteiger partial charge is 0.123 e. The van der Waals surface area contributed by atoms with Crippen molar-refractivity contribution in [1.82, 2.24) is 5.32 Å². The Kier molecular flexibility index (Phi) is 5.29. The molecule has 1 aromatic rings. The molecule has 16 heavy (non-hydrogen) atoms. The van der Waals surface area contributed by atoms with Gasteiger partial charge in [0.25, 0.3) is 0 Å². The molecule has 0 heterocycles. The van der Waals surface area contributed by atoms with Gasteiger partial charge in [-0.25, -0.2) is 0 Å². The first-order valence-corrected chi connectivity index (χ1v) is 5.62. The molecule has 1 unspecified atom stereocenters. The summed E-state index contributed by atoms with van der Waals surface area (Å²) in [7, 11) is 1.69. The predicted octanol–water partition coefficient (Wildman–Crippen LogP) is 1.72. The summed E-state index contributed by atoms with van der Waals surface area (Å²) in [6.07, 6.45) is 0. The van der Waals surface area contributed by atoms with Crippen LogP contribution in [-0.2, 0) is 6.54 Å². The summed E-state index contributed by atoms with van der Waals surface area (Å²) in [5.41, 5.74) is 2.39. The van der Waals surface area contributed by atoms with Crippen LogP contribution in [0.1, 0.15) is 18.1 Å². The van der Waals surface area contributed by atoms with E-state index in [9.17, 15) is 0 Å². The van der Waals surface area contributed by atoms with Crippen LogP contribution in [0, 0.1) is 12.8 Å². The van der Waals surface area contributed by atoms with E-state index in [1.54, 1.807) is 7.11 Å². The maximum absolute atomic E-state index is 8.91. The topological polar surface area (TPSA) is 41.5 Å². The Morgan fingerprint density at radius 1 is 1.44 bits per heavy atom. The summed E-state index contributed by atoms with van der Waals surface area (Å²) in [6, 6.07) is 6.15.